The quantitative estimate of drug-likeness (QED) is 0.870. The lowest BCUT2D eigenvalue weighted by Gasteiger charge is -2.26. The summed E-state index contributed by atoms with van der Waals surface area (Å²) in [5.41, 5.74) is 1.13. The molecule has 1 amide bonds. The van der Waals surface area contributed by atoms with Gasteiger partial charge in [0.05, 0.1) is 5.00 Å². The molecule has 3 nitrogen and oxygen atoms in total. The van der Waals surface area contributed by atoms with E-state index in [9.17, 15) is 4.79 Å². The van der Waals surface area contributed by atoms with Crippen LogP contribution in [-0.2, 0) is 4.79 Å². The maximum atomic E-state index is 12.0. The third-order valence-corrected chi connectivity index (χ3v) is 4.51. The van der Waals surface area contributed by atoms with Crippen molar-refractivity contribution in [1.82, 2.24) is 0 Å². The van der Waals surface area contributed by atoms with Gasteiger partial charge in [0.2, 0.25) is 5.91 Å². The summed E-state index contributed by atoms with van der Waals surface area (Å²) in [7, 11) is 0. The summed E-state index contributed by atoms with van der Waals surface area (Å²) >= 11 is 1.57. The van der Waals surface area contributed by atoms with Crippen LogP contribution in [0.5, 0.6) is 0 Å². The van der Waals surface area contributed by atoms with Gasteiger partial charge in [-0.3, -0.25) is 4.79 Å². The number of aryl methyl sites for hydroxylation is 1. The Hall–Kier alpha value is -0.870. The summed E-state index contributed by atoms with van der Waals surface area (Å²) in [6.07, 6.45) is 3.75. The molecular formula is C13H19NO2S. The monoisotopic (exact) mass is 253 g/mol. The van der Waals surface area contributed by atoms with E-state index < -0.39 is 0 Å². The van der Waals surface area contributed by atoms with Crippen molar-refractivity contribution in [2.24, 2.45) is 11.8 Å². The number of amides is 1. The highest BCUT2D eigenvalue weighted by Crippen LogP contribution is 2.30. The Morgan fingerprint density at radius 1 is 1.47 bits per heavy atom. The average Bonchev–Trinajstić information content (AvgIpc) is 2.75. The third-order valence-electron chi connectivity index (χ3n) is 3.57. The summed E-state index contributed by atoms with van der Waals surface area (Å²) in [6.45, 7) is 2.27. The minimum Gasteiger partial charge on any atom is -0.396 e. The third kappa shape index (κ3) is 3.07. The number of carbonyl (C=O) groups is 1. The molecule has 0 unspecified atom stereocenters. The fraction of sp³-hybridized carbons (Fsp3) is 0.615. The molecule has 0 saturated heterocycles. The normalized spacial score (nSPS) is 24.6. The molecule has 4 heteroatoms. The Morgan fingerprint density at radius 3 is 2.71 bits per heavy atom. The number of anilines is 1. The van der Waals surface area contributed by atoms with E-state index in [-0.39, 0.29) is 18.4 Å². The van der Waals surface area contributed by atoms with E-state index >= 15 is 0 Å². The molecular weight excluding hydrogens is 234 g/mol. The van der Waals surface area contributed by atoms with E-state index in [1.807, 2.05) is 18.4 Å². The zero-order valence-corrected chi connectivity index (χ0v) is 10.9. The van der Waals surface area contributed by atoms with Gasteiger partial charge in [0.25, 0.3) is 0 Å². The Labute approximate surface area is 106 Å². The fourth-order valence-electron chi connectivity index (χ4n) is 2.32. The summed E-state index contributed by atoms with van der Waals surface area (Å²) in [6, 6.07) is 2.02. The zero-order valence-electron chi connectivity index (χ0n) is 10.1. The molecule has 2 rings (SSSR count). The Morgan fingerprint density at radius 2 is 2.18 bits per heavy atom. The molecule has 0 aliphatic heterocycles. The van der Waals surface area contributed by atoms with Crippen molar-refractivity contribution in [3.05, 3.63) is 17.0 Å². The number of rotatable bonds is 3. The molecule has 1 aromatic rings. The van der Waals surface area contributed by atoms with Gasteiger partial charge in [-0.2, -0.15) is 0 Å². The summed E-state index contributed by atoms with van der Waals surface area (Å²) < 4.78 is 0. The smallest absolute Gasteiger partial charge is 0.228 e. The maximum absolute atomic E-state index is 12.0. The van der Waals surface area contributed by atoms with Crippen LogP contribution in [0.15, 0.2) is 11.4 Å². The summed E-state index contributed by atoms with van der Waals surface area (Å²) in [5.74, 6) is 0.675. The fourth-order valence-corrected chi connectivity index (χ4v) is 3.14. The first-order valence-electron chi connectivity index (χ1n) is 6.16. The number of aliphatic hydroxyl groups is 1. The highest BCUT2D eigenvalue weighted by Gasteiger charge is 2.26. The highest BCUT2D eigenvalue weighted by molar-refractivity contribution is 7.14. The minimum atomic E-state index is 0.124. The van der Waals surface area contributed by atoms with E-state index in [2.05, 4.69) is 5.32 Å². The molecule has 0 bridgehead atoms. The molecule has 1 fully saturated rings. The maximum Gasteiger partial charge on any atom is 0.228 e. The van der Waals surface area contributed by atoms with E-state index in [0.29, 0.717) is 5.92 Å². The van der Waals surface area contributed by atoms with Crippen LogP contribution in [0.3, 0.4) is 0 Å². The molecule has 94 valence electrons. The second kappa shape index (κ2) is 5.65. The van der Waals surface area contributed by atoms with Gasteiger partial charge in [-0.25, -0.2) is 0 Å². The van der Waals surface area contributed by atoms with Crippen LogP contribution < -0.4 is 5.32 Å². The largest absolute Gasteiger partial charge is 0.396 e. The van der Waals surface area contributed by atoms with E-state index in [1.54, 1.807) is 11.3 Å². The van der Waals surface area contributed by atoms with E-state index in [1.165, 1.54) is 0 Å². The van der Waals surface area contributed by atoms with Crippen molar-refractivity contribution in [3.8, 4) is 0 Å². The van der Waals surface area contributed by atoms with Gasteiger partial charge in [-0.1, -0.05) is 0 Å². The molecule has 1 aliphatic carbocycles. The zero-order chi connectivity index (χ0) is 12.3. The van der Waals surface area contributed by atoms with Gasteiger partial charge in [0.1, 0.15) is 0 Å². The second-order valence-corrected chi connectivity index (χ2v) is 5.74. The molecule has 2 N–H and O–H groups in total. The number of hydrogen-bond acceptors (Lipinski definition) is 3. The number of thiophene rings is 1. The molecule has 17 heavy (non-hydrogen) atoms. The van der Waals surface area contributed by atoms with Crippen molar-refractivity contribution in [2.75, 3.05) is 11.9 Å². The van der Waals surface area contributed by atoms with E-state index in [0.717, 1.165) is 36.2 Å². The van der Waals surface area contributed by atoms with Gasteiger partial charge >= 0.3 is 0 Å². The topological polar surface area (TPSA) is 49.3 Å². The van der Waals surface area contributed by atoms with Gasteiger partial charge in [-0.15, -0.1) is 11.3 Å². The molecule has 1 heterocycles. The number of hydrogen-bond donors (Lipinski definition) is 2. The second-order valence-electron chi connectivity index (χ2n) is 4.82. The molecule has 0 spiro atoms. The number of aliphatic hydroxyl groups excluding tert-OH is 1. The Balaban J connectivity index is 1.87. The van der Waals surface area contributed by atoms with Crippen LogP contribution in [0.1, 0.15) is 31.2 Å². The molecule has 0 atom stereocenters. The molecule has 0 aromatic carbocycles. The van der Waals surface area contributed by atoms with Gasteiger partial charge in [0.15, 0.2) is 0 Å². The highest BCUT2D eigenvalue weighted by atomic mass is 32.1. The minimum absolute atomic E-state index is 0.124. The van der Waals surface area contributed by atoms with Crippen LogP contribution in [0.2, 0.25) is 0 Å². The van der Waals surface area contributed by atoms with Crippen LogP contribution in [0.25, 0.3) is 0 Å². The lowest BCUT2D eigenvalue weighted by atomic mass is 9.82. The molecule has 1 aliphatic rings. The van der Waals surface area contributed by atoms with Crippen LogP contribution in [0, 0.1) is 18.8 Å². The number of nitrogens with one attached hydrogen (secondary N) is 1. The first-order valence-corrected chi connectivity index (χ1v) is 7.04. The van der Waals surface area contributed by atoms with Gasteiger partial charge in [-0.05, 0) is 55.5 Å². The summed E-state index contributed by atoms with van der Waals surface area (Å²) in [4.78, 5) is 12.0. The van der Waals surface area contributed by atoms with Crippen molar-refractivity contribution < 1.29 is 9.90 Å². The van der Waals surface area contributed by atoms with Crippen LogP contribution >= 0.6 is 11.3 Å². The SMILES string of the molecule is Cc1ccsc1NC(=O)C1CCC(CO)CC1. The van der Waals surface area contributed by atoms with Gasteiger partial charge in [0, 0.05) is 12.5 Å². The summed E-state index contributed by atoms with van der Waals surface area (Å²) in [5, 5.41) is 15.0. The molecule has 1 aromatic heterocycles. The molecule has 0 radical (unpaired) electrons. The van der Waals surface area contributed by atoms with Crippen molar-refractivity contribution >= 4 is 22.2 Å². The lowest BCUT2D eigenvalue weighted by molar-refractivity contribution is -0.121. The standard InChI is InChI=1S/C13H19NO2S/c1-9-6-7-17-13(9)14-12(16)11-4-2-10(8-15)3-5-11/h6-7,10-11,15H,2-5,8H2,1H3,(H,14,16). The average molecular weight is 253 g/mol. The van der Waals surface area contributed by atoms with Crippen LogP contribution in [-0.4, -0.2) is 17.6 Å². The predicted molar refractivity (Wildman–Crippen MR) is 70.2 cm³/mol. The predicted octanol–water partition coefficient (Wildman–Crippen LogP) is 2.79. The number of carbonyl (C=O) groups excluding carboxylic acids is 1. The van der Waals surface area contributed by atoms with Gasteiger partial charge < -0.3 is 10.4 Å². The molecule has 1 saturated carbocycles. The Kier molecular flexibility index (Phi) is 4.18. The van der Waals surface area contributed by atoms with Crippen molar-refractivity contribution in [1.29, 1.82) is 0 Å². The Bertz CT molecular complexity index is 381. The van der Waals surface area contributed by atoms with Crippen molar-refractivity contribution in [3.63, 3.8) is 0 Å². The van der Waals surface area contributed by atoms with Crippen molar-refractivity contribution in [2.45, 2.75) is 32.6 Å². The van der Waals surface area contributed by atoms with Crippen LogP contribution in [0.4, 0.5) is 5.00 Å². The lowest BCUT2D eigenvalue weighted by Crippen LogP contribution is -2.28. The van der Waals surface area contributed by atoms with E-state index in [4.69, 9.17) is 5.11 Å². The first kappa shape index (κ1) is 12.6. The first-order chi connectivity index (χ1) is 8.20.